The second-order valence-corrected chi connectivity index (χ2v) is 9.57. The SMILES string of the molecule is CCCCCCCCC=CCCCCCCCCCCCCCCCCCC(C)=O. The molecule has 0 aromatic heterocycles. The van der Waals surface area contributed by atoms with E-state index in [1.54, 1.807) is 6.92 Å². The standard InChI is InChI=1S/C29H56O/c1-3-4-5-6-7-8-9-10-11-12-13-14-15-16-17-18-19-20-21-22-23-24-25-26-27-28-29(2)30/h10-11H,3-9,12-28H2,1-2H3. The fraction of sp³-hybridized carbons (Fsp3) is 0.897. The van der Waals surface area contributed by atoms with Crippen LogP contribution in [0.1, 0.15) is 168 Å². The second-order valence-electron chi connectivity index (χ2n) is 9.57. The summed E-state index contributed by atoms with van der Waals surface area (Å²) in [4.78, 5) is 10.9. The van der Waals surface area contributed by atoms with Crippen LogP contribution in [0.15, 0.2) is 12.2 Å². The third-order valence-electron chi connectivity index (χ3n) is 6.29. The fourth-order valence-electron chi connectivity index (χ4n) is 4.21. The molecule has 0 heterocycles. The van der Waals surface area contributed by atoms with E-state index in [9.17, 15) is 4.79 Å². The molecule has 1 nitrogen and oxygen atoms in total. The van der Waals surface area contributed by atoms with Crippen molar-refractivity contribution >= 4 is 5.78 Å². The van der Waals surface area contributed by atoms with Crippen LogP contribution in [0, 0.1) is 0 Å². The van der Waals surface area contributed by atoms with E-state index in [-0.39, 0.29) is 0 Å². The molecule has 178 valence electrons. The van der Waals surface area contributed by atoms with Crippen LogP contribution in [0.5, 0.6) is 0 Å². The van der Waals surface area contributed by atoms with Gasteiger partial charge < -0.3 is 4.79 Å². The number of carbonyl (C=O) groups is 1. The van der Waals surface area contributed by atoms with Crippen LogP contribution in [0.3, 0.4) is 0 Å². The Morgan fingerprint density at radius 3 is 1.10 bits per heavy atom. The van der Waals surface area contributed by atoms with Crippen molar-refractivity contribution in [1.29, 1.82) is 0 Å². The predicted molar refractivity (Wildman–Crippen MR) is 136 cm³/mol. The lowest BCUT2D eigenvalue weighted by Crippen LogP contribution is -1.89. The molecule has 0 aromatic carbocycles. The van der Waals surface area contributed by atoms with Gasteiger partial charge in [-0.2, -0.15) is 0 Å². The number of hydrogen-bond donors (Lipinski definition) is 0. The first-order valence-electron chi connectivity index (χ1n) is 13.9. The molecule has 0 bridgehead atoms. The van der Waals surface area contributed by atoms with Crippen LogP contribution < -0.4 is 0 Å². The molecular formula is C29H56O. The zero-order valence-electron chi connectivity index (χ0n) is 21.0. The van der Waals surface area contributed by atoms with Crippen molar-refractivity contribution in [2.45, 2.75) is 168 Å². The number of ketones is 1. The summed E-state index contributed by atoms with van der Waals surface area (Å²) in [6, 6.07) is 0. The van der Waals surface area contributed by atoms with Gasteiger partial charge in [-0.25, -0.2) is 0 Å². The predicted octanol–water partition coefficient (Wildman–Crippen LogP) is 10.5. The maximum atomic E-state index is 10.9. The average Bonchev–Trinajstić information content (AvgIpc) is 2.73. The first-order chi connectivity index (χ1) is 14.8. The van der Waals surface area contributed by atoms with Gasteiger partial charge in [-0.15, -0.1) is 0 Å². The number of unbranched alkanes of at least 4 members (excludes halogenated alkanes) is 21. The molecule has 0 aliphatic carbocycles. The second kappa shape index (κ2) is 26.4. The van der Waals surface area contributed by atoms with Crippen molar-refractivity contribution in [3.05, 3.63) is 12.2 Å². The average molecular weight is 421 g/mol. The maximum Gasteiger partial charge on any atom is 0.129 e. The van der Waals surface area contributed by atoms with E-state index >= 15 is 0 Å². The molecule has 0 saturated carbocycles. The topological polar surface area (TPSA) is 17.1 Å². The summed E-state index contributed by atoms with van der Waals surface area (Å²) in [7, 11) is 0. The molecule has 0 amide bonds. The van der Waals surface area contributed by atoms with Crippen molar-refractivity contribution in [2.24, 2.45) is 0 Å². The fourth-order valence-corrected chi connectivity index (χ4v) is 4.21. The van der Waals surface area contributed by atoms with Crippen molar-refractivity contribution in [3.8, 4) is 0 Å². The van der Waals surface area contributed by atoms with Gasteiger partial charge in [0.15, 0.2) is 0 Å². The summed E-state index contributed by atoms with van der Waals surface area (Å²) < 4.78 is 0. The van der Waals surface area contributed by atoms with E-state index in [0.29, 0.717) is 5.78 Å². The Morgan fingerprint density at radius 1 is 0.467 bits per heavy atom. The van der Waals surface area contributed by atoms with Crippen LogP contribution in [0.25, 0.3) is 0 Å². The van der Waals surface area contributed by atoms with E-state index in [4.69, 9.17) is 0 Å². The van der Waals surface area contributed by atoms with Gasteiger partial charge in [0.2, 0.25) is 0 Å². The summed E-state index contributed by atoms with van der Waals surface area (Å²) in [5, 5.41) is 0. The highest BCUT2D eigenvalue weighted by molar-refractivity contribution is 5.75. The smallest absolute Gasteiger partial charge is 0.129 e. The molecule has 1 heteroatoms. The van der Waals surface area contributed by atoms with Crippen LogP contribution >= 0.6 is 0 Å². The highest BCUT2D eigenvalue weighted by Gasteiger charge is 1.96. The van der Waals surface area contributed by atoms with E-state index < -0.39 is 0 Å². The number of Topliss-reactive ketones (excluding diaryl/α,β-unsaturated/α-hetero) is 1. The molecule has 30 heavy (non-hydrogen) atoms. The van der Waals surface area contributed by atoms with Crippen molar-refractivity contribution in [1.82, 2.24) is 0 Å². The molecule has 0 N–H and O–H groups in total. The molecule has 0 atom stereocenters. The minimum absolute atomic E-state index is 0.348. The molecule has 0 aliphatic rings. The van der Waals surface area contributed by atoms with Crippen molar-refractivity contribution < 1.29 is 4.79 Å². The number of carbonyl (C=O) groups excluding carboxylic acids is 1. The van der Waals surface area contributed by atoms with Gasteiger partial charge in [0.25, 0.3) is 0 Å². The van der Waals surface area contributed by atoms with Crippen LogP contribution in [0.2, 0.25) is 0 Å². The molecule has 0 radical (unpaired) electrons. The molecular weight excluding hydrogens is 364 g/mol. The molecule has 0 aliphatic heterocycles. The molecule has 0 rings (SSSR count). The largest absolute Gasteiger partial charge is 0.300 e. The Morgan fingerprint density at radius 2 is 0.767 bits per heavy atom. The Labute approximate surface area is 190 Å². The van der Waals surface area contributed by atoms with Crippen LogP contribution in [-0.2, 0) is 4.79 Å². The van der Waals surface area contributed by atoms with Gasteiger partial charge >= 0.3 is 0 Å². The van der Waals surface area contributed by atoms with Gasteiger partial charge in [-0.3, -0.25) is 0 Å². The van der Waals surface area contributed by atoms with E-state index in [0.717, 1.165) is 12.8 Å². The zero-order chi connectivity index (χ0) is 22.0. The summed E-state index contributed by atoms with van der Waals surface area (Å²) in [6.07, 6.45) is 37.5. The van der Waals surface area contributed by atoms with Gasteiger partial charge in [0.1, 0.15) is 5.78 Å². The Hall–Kier alpha value is -0.590. The van der Waals surface area contributed by atoms with Crippen molar-refractivity contribution in [2.75, 3.05) is 0 Å². The Kier molecular flexibility index (Phi) is 25.9. The number of rotatable bonds is 25. The van der Waals surface area contributed by atoms with Crippen LogP contribution in [-0.4, -0.2) is 5.78 Å². The lowest BCUT2D eigenvalue weighted by molar-refractivity contribution is -0.117. The van der Waals surface area contributed by atoms with Gasteiger partial charge in [0, 0.05) is 6.42 Å². The highest BCUT2D eigenvalue weighted by atomic mass is 16.1. The first kappa shape index (κ1) is 29.4. The van der Waals surface area contributed by atoms with Crippen molar-refractivity contribution in [3.63, 3.8) is 0 Å². The molecule has 0 spiro atoms. The Bertz CT molecular complexity index is 357. The summed E-state index contributed by atoms with van der Waals surface area (Å²) in [5.74, 6) is 0.348. The minimum Gasteiger partial charge on any atom is -0.300 e. The summed E-state index contributed by atoms with van der Waals surface area (Å²) in [5.41, 5.74) is 0. The first-order valence-corrected chi connectivity index (χ1v) is 13.9. The quantitative estimate of drug-likeness (QED) is 0.106. The Balaban J connectivity index is 3.06. The zero-order valence-corrected chi connectivity index (χ0v) is 21.0. The normalized spacial score (nSPS) is 11.5. The monoisotopic (exact) mass is 420 g/mol. The van der Waals surface area contributed by atoms with Gasteiger partial charge in [-0.05, 0) is 39.0 Å². The molecule has 0 saturated heterocycles. The number of allylic oxidation sites excluding steroid dienone is 2. The summed E-state index contributed by atoms with van der Waals surface area (Å²) >= 11 is 0. The molecule has 0 fully saturated rings. The van der Waals surface area contributed by atoms with Crippen LogP contribution in [0.4, 0.5) is 0 Å². The highest BCUT2D eigenvalue weighted by Crippen LogP contribution is 2.14. The lowest BCUT2D eigenvalue weighted by Gasteiger charge is -2.03. The minimum atomic E-state index is 0.348. The maximum absolute atomic E-state index is 10.9. The third kappa shape index (κ3) is 27.4. The van der Waals surface area contributed by atoms with E-state index in [1.165, 1.54) is 141 Å². The summed E-state index contributed by atoms with van der Waals surface area (Å²) in [6.45, 7) is 3.99. The lowest BCUT2D eigenvalue weighted by atomic mass is 10.0. The molecule has 0 aromatic rings. The third-order valence-corrected chi connectivity index (χ3v) is 6.29. The molecule has 0 unspecified atom stereocenters. The van der Waals surface area contributed by atoms with Gasteiger partial charge in [0.05, 0.1) is 0 Å². The number of hydrogen-bond acceptors (Lipinski definition) is 1. The van der Waals surface area contributed by atoms with E-state index in [1.807, 2.05) is 0 Å². The van der Waals surface area contributed by atoms with Gasteiger partial charge in [-0.1, -0.05) is 135 Å². The van der Waals surface area contributed by atoms with E-state index in [2.05, 4.69) is 19.1 Å².